The number of carbonyl (C=O) groups is 6. The normalized spacial score (nSPS) is 20.9. The minimum atomic E-state index is -0.525. The molecule has 21 nitrogen and oxygen atoms in total. The van der Waals surface area contributed by atoms with Crippen LogP contribution in [0.25, 0.3) is 0 Å². The molecule has 1 aromatic carbocycles. The van der Waals surface area contributed by atoms with Gasteiger partial charge in [-0.1, -0.05) is 12.8 Å². The van der Waals surface area contributed by atoms with Crippen molar-refractivity contribution in [3.8, 4) is 0 Å². The van der Waals surface area contributed by atoms with Crippen LogP contribution in [-0.4, -0.2) is 159 Å². The lowest BCUT2D eigenvalue weighted by Gasteiger charge is -2.14. The molecule has 2 fully saturated rings. The van der Waals surface area contributed by atoms with Gasteiger partial charge in [0.2, 0.25) is 17.7 Å². The van der Waals surface area contributed by atoms with Crippen LogP contribution >= 0.6 is 23.5 Å². The summed E-state index contributed by atoms with van der Waals surface area (Å²) in [5, 5.41) is 21.1. The Morgan fingerprint density at radius 3 is 1.46 bits per heavy atom. The van der Waals surface area contributed by atoms with Crippen molar-refractivity contribution in [2.45, 2.75) is 131 Å². The van der Waals surface area contributed by atoms with Gasteiger partial charge in [-0.25, -0.2) is 14.8 Å². The fourth-order valence-electron chi connectivity index (χ4n) is 8.44. The van der Waals surface area contributed by atoms with Gasteiger partial charge in [0.05, 0.1) is 76.7 Å². The molecule has 0 saturated carbocycles. The van der Waals surface area contributed by atoms with Crippen LogP contribution < -0.4 is 48.7 Å². The molecule has 23 heteroatoms. The topological polar surface area (TPSA) is 300 Å². The number of fused-ring (bicyclic) bond motifs is 2. The number of thioether (sulfide) groups is 2. The largest absolute Gasteiger partial charge is 0.381 e. The summed E-state index contributed by atoms with van der Waals surface area (Å²) < 4.78 is 22.2. The summed E-state index contributed by atoms with van der Waals surface area (Å²) in [6.45, 7) is 4.29. The molecule has 0 unspecified atom stereocenters. The number of amides is 5. The lowest BCUT2D eigenvalue weighted by molar-refractivity contribution is -0.120. The van der Waals surface area contributed by atoms with Crippen LogP contribution in [0.5, 0.6) is 0 Å². The summed E-state index contributed by atoms with van der Waals surface area (Å²) in [6, 6.07) is 5.33. The molecule has 390 valence electrons. The second-order valence-corrected chi connectivity index (χ2v) is 20.3. The second-order valence-electron chi connectivity index (χ2n) is 17.7. The van der Waals surface area contributed by atoms with E-state index in [-0.39, 0.29) is 80.6 Å². The molecule has 0 bridgehead atoms. The van der Waals surface area contributed by atoms with Crippen LogP contribution in [0.2, 0.25) is 0 Å². The summed E-state index contributed by atoms with van der Waals surface area (Å²) in [6.07, 6.45) is 8.83. The third-order valence-electron chi connectivity index (χ3n) is 11.9. The van der Waals surface area contributed by atoms with Crippen LogP contribution in [0.3, 0.4) is 0 Å². The van der Waals surface area contributed by atoms with Crippen LogP contribution in [0.4, 0.5) is 21.9 Å². The zero-order valence-electron chi connectivity index (χ0n) is 40.5. The van der Waals surface area contributed by atoms with Crippen LogP contribution in [0.15, 0.2) is 28.2 Å². The van der Waals surface area contributed by atoms with E-state index in [1.165, 1.54) is 6.92 Å². The SMILES string of the molecule is CC(=O)NCCOCCOCCNC(=O)Nc1cc(NC(=O)CCOCCCC(=O)CCCC[C@@H]2SC[C@@H]3NC(N)=N[C@@H]32)cc(NC(=O)CCOCCCC(=O)CCCC[C@@H]2SC[C@@H]3NC(N)=N[C@@H]32)c1. The number of guanidine groups is 2. The highest BCUT2D eigenvalue weighted by Crippen LogP contribution is 2.36. The monoisotopic (exact) mass is 1020 g/mol. The van der Waals surface area contributed by atoms with Gasteiger partial charge in [0.25, 0.3) is 0 Å². The number of Topliss-reactive ketones (excluding diaryl/α,β-unsaturated/α-hetero) is 2. The molecule has 70 heavy (non-hydrogen) atoms. The summed E-state index contributed by atoms with van der Waals surface area (Å²) >= 11 is 3.85. The first-order valence-electron chi connectivity index (χ1n) is 24.7. The molecular formula is C47H75N11O10S2. The van der Waals surface area contributed by atoms with Gasteiger partial charge in [-0.3, -0.25) is 24.0 Å². The Kier molecular flexibility index (Phi) is 25.4. The Balaban J connectivity index is 0.955. The number of nitrogens with two attached hydrogens (primary N) is 2. The van der Waals surface area contributed by atoms with Crippen molar-refractivity contribution in [1.82, 2.24) is 21.3 Å². The van der Waals surface area contributed by atoms with E-state index in [0.29, 0.717) is 130 Å². The molecule has 1 aromatic rings. The Morgan fingerprint density at radius 2 is 0.986 bits per heavy atom. The predicted molar refractivity (Wildman–Crippen MR) is 274 cm³/mol. The van der Waals surface area contributed by atoms with Crippen LogP contribution in [0.1, 0.15) is 96.8 Å². The number of aliphatic imine (C=N–C) groups is 2. The third-order valence-corrected chi connectivity index (χ3v) is 14.9. The number of benzene rings is 1. The van der Waals surface area contributed by atoms with Gasteiger partial charge in [-0.05, 0) is 56.7 Å². The first-order chi connectivity index (χ1) is 33.9. The van der Waals surface area contributed by atoms with Crippen molar-refractivity contribution in [3.63, 3.8) is 0 Å². The van der Waals surface area contributed by atoms with Crippen molar-refractivity contribution in [1.29, 1.82) is 0 Å². The van der Waals surface area contributed by atoms with Gasteiger partial charge in [-0.15, -0.1) is 0 Å². The summed E-state index contributed by atoms with van der Waals surface area (Å²) in [4.78, 5) is 83.6. The van der Waals surface area contributed by atoms with E-state index in [1.807, 2.05) is 23.5 Å². The highest BCUT2D eigenvalue weighted by Gasteiger charge is 2.41. The molecule has 4 aliphatic heterocycles. The zero-order chi connectivity index (χ0) is 49.9. The fraction of sp³-hybridized carbons (Fsp3) is 0.702. The molecule has 4 aliphatic rings. The third kappa shape index (κ3) is 21.8. The molecule has 6 atom stereocenters. The van der Waals surface area contributed by atoms with Gasteiger partial charge in [0, 0.05) is 98.0 Å². The average Bonchev–Trinajstić information content (AvgIpc) is 4.08. The highest BCUT2D eigenvalue weighted by atomic mass is 32.2. The first kappa shape index (κ1) is 56.2. The number of ether oxygens (including phenoxy) is 4. The van der Waals surface area contributed by atoms with Gasteiger partial charge in [0.1, 0.15) is 11.6 Å². The fourth-order valence-corrected chi connectivity index (χ4v) is 11.5. The number of anilines is 3. The minimum absolute atomic E-state index is 0.0496. The minimum Gasteiger partial charge on any atom is -0.381 e. The van der Waals surface area contributed by atoms with E-state index < -0.39 is 6.03 Å². The maximum absolute atomic E-state index is 13.0. The Morgan fingerprint density at radius 1 is 0.557 bits per heavy atom. The molecule has 0 spiro atoms. The van der Waals surface area contributed by atoms with Crippen molar-refractivity contribution >= 4 is 87.8 Å². The van der Waals surface area contributed by atoms with Crippen molar-refractivity contribution in [2.24, 2.45) is 21.5 Å². The molecule has 4 heterocycles. The van der Waals surface area contributed by atoms with Crippen LogP contribution in [0, 0.1) is 0 Å². The molecular weight excluding hydrogens is 943 g/mol. The molecule has 2 saturated heterocycles. The van der Waals surface area contributed by atoms with E-state index in [4.69, 9.17) is 30.4 Å². The summed E-state index contributed by atoms with van der Waals surface area (Å²) in [5.74, 6) is 2.68. The summed E-state index contributed by atoms with van der Waals surface area (Å²) in [5.41, 5.74) is 12.7. The molecule has 5 rings (SSSR count). The van der Waals surface area contributed by atoms with Crippen molar-refractivity contribution in [2.75, 3.05) is 93.4 Å². The lowest BCUT2D eigenvalue weighted by atomic mass is 10.0. The Hall–Kier alpha value is -4.68. The van der Waals surface area contributed by atoms with E-state index in [0.717, 1.165) is 50.0 Å². The average molecular weight is 1020 g/mol. The number of rotatable bonds is 36. The number of hydrogen-bond acceptors (Lipinski definition) is 18. The number of hydrogen-bond donors (Lipinski definition) is 9. The van der Waals surface area contributed by atoms with Gasteiger partial charge < -0.3 is 67.6 Å². The number of nitrogens with zero attached hydrogens (tertiary/aromatic N) is 2. The van der Waals surface area contributed by atoms with Crippen molar-refractivity contribution < 1.29 is 47.7 Å². The van der Waals surface area contributed by atoms with Crippen molar-refractivity contribution in [3.05, 3.63) is 18.2 Å². The summed E-state index contributed by atoms with van der Waals surface area (Å²) in [7, 11) is 0. The Bertz CT molecular complexity index is 1820. The smallest absolute Gasteiger partial charge is 0.319 e. The quantitative estimate of drug-likeness (QED) is 0.0437. The first-order valence-corrected chi connectivity index (χ1v) is 26.8. The van der Waals surface area contributed by atoms with E-state index in [1.54, 1.807) is 18.2 Å². The number of urea groups is 1. The molecule has 5 amide bonds. The Labute approximate surface area is 419 Å². The lowest BCUT2D eigenvalue weighted by Crippen LogP contribution is -2.38. The van der Waals surface area contributed by atoms with Crippen LogP contribution in [-0.2, 0) is 42.9 Å². The van der Waals surface area contributed by atoms with Gasteiger partial charge >= 0.3 is 6.03 Å². The molecule has 11 N–H and O–H groups in total. The standard InChI is InChI=1S/C47H75N11O10S2/c1-31(59)50-16-22-67-24-25-68-23-17-51-47(64)54-34-27-32(52-41(62)14-20-65-18-6-10-35(60)8-2-4-12-39-43-37(29-69-39)55-45(48)57-43)26-33(28-34)53-42(63)15-21-66-19-7-11-36(61)9-3-5-13-40-44-38(30-70-40)56-46(49)58-44/h26-28,37-40,43-44H,2-25,29-30H2,1H3,(H,50,59)(H,52,62)(H,53,63)(H3,48,55,57)(H3,49,56,58)(H2,51,54,64)/t37-,38-,39-,40-,43-,44-/m0/s1. The maximum atomic E-state index is 13.0. The second kappa shape index (κ2) is 31.6. The van der Waals surface area contributed by atoms with Gasteiger partial charge in [0.15, 0.2) is 11.9 Å². The molecule has 0 aliphatic carbocycles. The van der Waals surface area contributed by atoms with E-state index in [2.05, 4.69) is 47.2 Å². The van der Waals surface area contributed by atoms with Gasteiger partial charge in [-0.2, -0.15) is 23.5 Å². The molecule has 0 aromatic heterocycles. The molecule has 0 radical (unpaired) electrons. The predicted octanol–water partition coefficient (Wildman–Crippen LogP) is 3.03. The number of carbonyl (C=O) groups excluding carboxylic acids is 6. The zero-order valence-corrected chi connectivity index (χ0v) is 42.2. The van der Waals surface area contributed by atoms with E-state index >= 15 is 0 Å². The highest BCUT2D eigenvalue weighted by molar-refractivity contribution is 8.00. The number of unbranched alkanes of at least 4 members (excludes halogenated alkanes) is 2. The van der Waals surface area contributed by atoms with E-state index in [9.17, 15) is 28.8 Å². The maximum Gasteiger partial charge on any atom is 0.319 e. The number of nitrogens with one attached hydrogen (secondary N) is 7. The number of ketones is 2.